The quantitative estimate of drug-likeness (QED) is 0.118. The molecule has 312 valence electrons. The third-order valence-electron chi connectivity index (χ3n) is 13.5. The van der Waals surface area contributed by atoms with Crippen LogP contribution in [0, 0.1) is 23.7 Å². The summed E-state index contributed by atoms with van der Waals surface area (Å²) >= 11 is 12.9. The Morgan fingerprint density at radius 3 is 2.35 bits per heavy atom. The second-order valence-electron chi connectivity index (χ2n) is 16.5. The number of imide groups is 2. The lowest BCUT2D eigenvalue weighted by molar-refractivity contribution is -0.138. The Kier molecular flexibility index (Phi) is 9.01. The molecule has 2 N–H and O–H groups in total. The summed E-state index contributed by atoms with van der Waals surface area (Å²) in [4.78, 5) is 66.2. The van der Waals surface area contributed by atoms with Crippen LogP contribution in [0.25, 0.3) is 33.3 Å². The van der Waals surface area contributed by atoms with E-state index < -0.39 is 52.7 Å². The molecule has 3 fully saturated rings. The average Bonchev–Trinajstić information content (AvgIpc) is 3.92. The molecule has 7 aromatic rings. The minimum absolute atomic E-state index is 0.0460. The number of ether oxygens (including phenoxy) is 1. The Morgan fingerprint density at radius 1 is 0.825 bits per heavy atom. The number of phenolic OH excluding ortho intramolecular Hbond substituents is 1. The number of carbonyl (C=O) groups is 4. The number of oxazole rings is 1. The van der Waals surface area contributed by atoms with Crippen molar-refractivity contribution in [3.63, 3.8) is 0 Å². The van der Waals surface area contributed by atoms with E-state index in [-0.39, 0.29) is 35.2 Å². The molecule has 0 spiro atoms. The summed E-state index contributed by atoms with van der Waals surface area (Å²) in [6.07, 6.45) is 2.23. The molecule has 2 saturated heterocycles. The van der Waals surface area contributed by atoms with Crippen molar-refractivity contribution in [2.45, 2.75) is 24.2 Å². The molecular formula is C50H36Cl2N4O7. The molecule has 6 atom stereocenters. The number of halogens is 2. The van der Waals surface area contributed by atoms with Crippen LogP contribution in [0.4, 0.5) is 11.4 Å². The molecule has 6 unspecified atom stereocenters. The number of hydrogen-bond donors (Lipinski definition) is 2. The number of nitrogens with zero attached hydrogens (tertiary/aromatic N) is 3. The first-order valence-corrected chi connectivity index (χ1v) is 21.3. The number of anilines is 2. The molecule has 13 heteroatoms. The van der Waals surface area contributed by atoms with Gasteiger partial charge in [0.25, 0.3) is 11.8 Å². The number of phenols is 1. The summed E-state index contributed by atoms with van der Waals surface area (Å²) in [7, 11) is 1.54. The molecular weight excluding hydrogens is 839 g/mol. The maximum Gasteiger partial charge on any atom is 0.260 e. The van der Waals surface area contributed by atoms with Crippen LogP contribution < -0.4 is 15.1 Å². The highest BCUT2D eigenvalue weighted by Crippen LogP contribution is 2.65. The largest absolute Gasteiger partial charge is 0.507 e. The van der Waals surface area contributed by atoms with Gasteiger partial charge in [0, 0.05) is 27.5 Å². The van der Waals surface area contributed by atoms with Crippen molar-refractivity contribution >= 4 is 80.1 Å². The first-order chi connectivity index (χ1) is 30.6. The predicted octanol–water partition coefficient (Wildman–Crippen LogP) is 9.86. The summed E-state index contributed by atoms with van der Waals surface area (Å²) in [6, 6.07) is 37.2. The van der Waals surface area contributed by atoms with Gasteiger partial charge in [-0.05, 0) is 96.4 Å². The van der Waals surface area contributed by atoms with Gasteiger partial charge in [0.1, 0.15) is 17.0 Å². The Hall–Kier alpha value is -6.95. The summed E-state index contributed by atoms with van der Waals surface area (Å²) in [5, 5.41) is 15.3. The molecule has 11 nitrogen and oxygen atoms in total. The monoisotopic (exact) mass is 874 g/mol. The van der Waals surface area contributed by atoms with Crippen molar-refractivity contribution in [3.05, 3.63) is 160 Å². The van der Waals surface area contributed by atoms with Crippen LogP contribution >= 0.6 is 23.2 Å². The van der Waals surface area contributed by atoms with Crippen molar-refractivity contribution in [1.82, 2.24) is 9.99 Å². The van der Waals surface area contributed by atoms with Crippen molar-refractivity contribution < 1.29 is 33.4 Å². The molecule has 3 heterocycles. The zero-order chi connectivity index (χ0) is 43.3. The van der Waals surface area contributed by atoms with Crippen LogP contribution in [0.1, 0.15) is 29.9 Å². The molecule has 11 rings (SSSR count). The van der Waals surface area contributed by atoms with E-state index in [2.05, 4.69) is 10.4 Å². The third-order valence-corrected chi connectivity index (χ3v) is 14.0. The zero-order valence-corrected chi connectivity index (χ0v) is 35.0. The van der Waals surface area contributed by atoms with E-state index in [1.54, 1.807) is 73.8 Å². The van der Waals surface area contributed by atoms with Gasteiger partial charge in [-0.25, -0.2) is 4.98 Å². The number of amides is 4. The van der Waals surface area contributed by atoms with E-state index in [1.807, 2.05) is 60.7 Å². The number of aromatic nitrogens is 1. The van der Waals surface area contributed by atoms with Crippen LogP contribution in [0.2, 0.25) is 10.0 Å². The van der Waals surface area contributed by atoms with Crippen LogP contribution in [0.15, 0.2) is 143 Å². The normalized spacial score (nSPS) is 24.1. The Labute approximate surface area is 370 Å². The number of para-hydroxylation sites is 2. The Balaban J connectivity index is 1.05. The molecule has 4 amide bonds. The number of hydrazine groups is 1. The Bertz CT molecular complexity index is 3080. The number of allylic oxidation sites excluding steroid dienone is 2. The average molecular weight is 876 g/mol. The van der Waals surface area contributed by atoms with Crippen molar-refractivity contribution in [2.75, 3.05) is 17.4 Å². The molecule has 2 aliphatic carbocycles. The summed E-state index contributed by atoms with van der Waals surface area (Å²) in [5.74, 6) is -5.22. The standard InChI is InChI=1S/C50H36Cl2N4O7/c1-62-31-18-13-28(14-19-31)50-37(47(59)56(49(50)61)54-39-23-15-29(51)24-38(39)52)25-36-33(43(50)35-20-12-26-6-2-3-7-32(26)44(35)57)21-22-34-42(36)48(60)55(46(34)58)30-16-10-27(11-17-30)45-53-40-8-4-5-9-41(40)63-45/h2-21,23-24,34,36-37,42-43,54,57H,22,25H2,1H3. The lowest BCUT2D eigenvalue weighted by atomic mass is 9.49. The molecule has 63 heavy (non-hydrogen) atoms. The van der Waals surface area contributed by atoms with Crippen LogP contribution in [0.5, 0.6) is 11.5 Å². The van der Waals surface area contributed by atoms with Gasteiger partial charge >= 0.3 is 0 Å². The molecule has 0 bridgehead atoms. The van der Waals surface area contributed by atoms with Crippen LogP contribution in [0.3, 0.4) is 0 Å². The molecule has 4 aliphatic rings. The fourth-order valence-corrected chi connectivity index (χ4v) is 11.1. The van der Waals surface area contributed by atoms with E-state index in [0.717, 1.165) is 10.4 Å². The number of aromatic hydroxyl groups is 1. The fourth-order valence-electron chi connectivity index (χ4n) is 10.7. The second-order valence-corrected chi connectivity index (χ2v) is 17.3. The number of rotatable bonds is 7. The molecule has 6 aromatic carbocycles. The Morgan fingerprint density at radius 2 is 1.59 bits per heavy atom. The van der Waals surface area contributed by atoms with Gasteiger partial charge < -0.3 is 14.3 Å². The minimum Gasteiger partial charge on any atom is -0.507 e. The zero-order valence-electron chi connectivity index (χ0n) is 33.5. The second kappa shape index (κ2) is 14.6. The maximum absolute atomic E-state index is 15.7. The highest BCUT2D eigenvalue weighted by Gasteiger charge is 2.70. The topological polar surface area (TPSA) is 142 Å². The number of benzene rings is 6. The third kappa shape index (κ3) is 5.76. The van der Waals surface area contributed by atoms with Crippen LogP contribution in [-0.2, 0) is 24.6 Å². The lowest BCUT2D eigenvalue weighted by Gasteiger charge is -2.50. The lowest BCUT2D eigenvalue weighted by Crippen LogP contribution is -2.53. The van der Waals surface area contributed by atoms with Crippen molar-refractivity contribution in [1.29, 1.82) is 0 Å². The van der Waals surface area contributed by atoms with Gasteiger partial charge in [-0.15, -0.1) is 0 Å². The summed E-state index contributed by atoms with van der Waals surface area (Å²) in [5.41, 5.74) is 5.73. The predicted molar refractivity (Wildman–Crippen MR) is 238 cm³/mol. The number of fused-ring (bicyclic) bond motifs is 6. The highest BCUT2D eigenvalue weighted by atomic mass is 35.5. The van der Waals surface area contributed by atoms with Gasteiger partial charge in [-0.2, -0.15) is 5.01 Å². The first kappa shape index (κ1) is 38.9. The highest BCUT2D eigenvalue weighted by molar-refractivity contribution is 6.36. The van der Waals surface area contributed by atoms with E-state index in [9.17, 15) is 14.7 Å². The molecule has 2 aliphatic heterocycles. The van der Waals surface area contributed by atoms with Gasteiger partial charge in [-0.1, -0.05) is 95.5 Å². The van der Waals surface area contributed by atoms with Gasteiger partial charge in [0.15, 0.2) is 5.58 Å². The van der Waals surface area contributed by atoms with Gasteiger partial charge in [0.2, 0.25) is 17.7 Å². The van der Waals surface area contributed by atoms with Gasteiger partial charge in [-0.3, -0.25) is 29.5 Å². The van der Waals surface area contributed by atoms with E-state index in [0.29, 0.717) is 61.1 Å². The maximum atomic E-state index is 15.7. The number of carbonyl (C=O) groups excluding carboxylic acids is 4. The smallest absolute Gasteiger partial charge is 0.260 e. The summed E-state index contributed by atoms with van der Waals surface area (Å²) in [6.45, 7) is 0. The molecule has 1 aromatic heterocycles. The van der Waals surface area contributed by atoms with Crippen molar-refractivity contribution in [2.24, 2.45) is 23.7 Å². The van der Waals surface area contributed by atoms with Gasteiger partial charge in [0.05, 0.1) is 46.7 Å². The molecule has 0 radical (unpaired) electrons. The number of hydrogen-bond acceptors (Lipinski definition) is 9. The van der Waals surface area contributed by atoms with Crippen LogP contribution in [-0.4, -0.2) is 45.8 Å². The first-order valence-electron chi connectivity index (χ1n) is 20.6. The van der Waals surface area contributed by atoms with Crippen molar-refractivity contribution in [3.8, 4) is 23.0 Å². The summed E-state index contributed by atoms with van der Waals surface area (Å²) < 4.78 is 11.5. The SMILES string of the molecule is COc1ccc(C23C(=O)N(Nc4ccc(Cl)cc4Cl)C(=O)C2CC2C(=CCC4C(=O)N(c5ccc(-c6nc7ccccc7o6)cc5)C(=O)C42)C3c2ccc3ccccc3c2O)cc1. The van der Waals surface area contributed by atoms with E-state index in [4.69, 9.17) is 32.4 Å². The van der Waals surface area contributed by atoms with E-state index in [1.165, 1.54) is 11.0 Å². The number of nitrogens with one attached hydrogen (secondary N) is 1. The number of methoxy groups -OCH3 is 1. The fraction of sp³-hybridized carbons (Fsp3) is 0.180. The molecule has 1 saturated carbocycles. The van der Waals surface area contributed by atoms with E-state index >= 15 is 9.59 Å². The minimum atomic E-state index is -1.64.